The van der Waals surface area contributed by atoms with E-state index in [1.807, 2.05) is 32.0 Å². The molecule has 0 aromatic carbocycles. The molecule has 2 fully saturated rings. The van der Waals surface area contributed by atoms with Gasteiger partial charge in [-0.15, -0.1) is 0 Å². The summed E-state index contributed by atoms with van der Waals surface area (Å²) in [6.45, 7) is 5.59. The number of nitrogens with one attached hydrogen (secondary N) is 1. The van der Waals surface area contributed by atoms with Crippen LogP contribution in [0.1, 0.15) is 82.0 Å². The number of nitrogens with zero attached hydrogens (tertiary/aromatic N) is 3. The van der Waals surface area contributed by atoms with Gasteiger partial charge in [0, 0.05) is 44.7 Å². The Labute approximate surface area is 169 Å². The molecule has 0 radical (unpaired) electrons. The van der Waals surface area contributed by atoms with Crippen molar-refractivity contribution in [2.45, 2.75) is 77.7 Å². The van der Waals surface area contributed by atoms with Crippen LogP contribution < -0.4 is 5.32 Å². The lowest BCUT2D eigenvalue weighted by atomic mass is 9.86. The van der Waals surface area contributed by atoms with E-state index in [0.29, 0.717) is 24.2 Å². The zero-order valence-electron chi connectivity index (χ0n) is 17.7. The van der Waals surface area contributed by atoms with E-state index < -0.39 is 0 Å². The fraction of sp³-hybridized carbons (Fsp3) is 0.773. The molecular formula is C22H36N4O2. The van der Waals surface area contributed by atoms with Crippen LogP contribution in [-0.2, 0) is 16.6 Å². The van der Waals surface area contributed by atoms with E-state index in [2.05, 4.69) is 10.4 Å². The first kappa shape index (κ1) is 20.9. The van der Waals surface area contributed by atoms with Crippen LogP contribution in [0.2, 0.25) is 0 Å². The van der Waals surface area contributed by atoms with E-state index in [4.69, 9.17) is 0 Å². The molecule has 1 aliphatic heterocycles. The molecule has 2 heterocycles. The molecule has 0 spiro atoms. The number of piperidine rings is 1. The van der Waals surface area contributed by atoms with E-state index >= 15 is 0 Å². The molecule has 3 rings (SSSR count). The van der Waals surface area contributed by atoms with Gasteiger partial charge >= 0.3 is 0 Å². The number of likely N-dealkylation sites (tertiary alicyclic amines) is 1. The van der Waals surface area contributed by atoms with Gasteiger partial charge in [-0.1, -0.05) is 19.3 Å². The van der Waals surface area contributed by atoms with E-state index in [9.17, 15) is 9.59 Å². The third-order valence-electron chi connectivity index (χ3n) is 6.52. The number of hydrogen-bond acceptors (Lipinski definition) is 3. The number of rotatable bonds is 6. The highest BCUT2D eigenvalue weighted by atomic mass is 16.2. The van der Waals surface area contributed by atoms with Crippen molar-refractivity contribution in [1.82, 2.24) is 20.0 Å². The van der Waals surface area contributed by atoms with Gasteiger partial charge in [0.05, 0.1) is 11.7 Å². The molecular weight excluding hydrogens is 352 g/mol. The highest BCUT2D eigenvalue weighted by molar-refractivity contribution is 5.77. The summed E-state index contributed by atoms with van der Waals surface area (Å²) < 4.78 is 1.79. The number of aryl methyl sites for hydroxylation is 2. The van der Waals surface area contributed by atoms with Crippen molar-refractivity contribution in [3.05, 3.63) is 17.5 Å². The normalized spacial score (nSPS) is 20.2. The van der Waals surface area contributed by atoms with Crippen molar-refractivity contribution in [3.63, 3.8) is 0 Å². The van der Waals surface area contributed by atoms with Gasteiger partial charge in [0.15, 0.2) is 0 Å². The Morgan fingerprint density at radius 3 is 2.36 bits per heavy atom. The lowest BCUT2D eigenvalue weighted by Crippen LogP contribution is -2.40. The average Bonchev–Trinajstić information content (AvgIpc) is 3.01. The summed E-state index contributed by atoms with van der Waals surface area (Å²) in [4.78, 5) is 27.1. The molecule has 156 valence electrons. The van der Waals surface area contributed by atoms with Crippen LogP contribution in [0.25, 0.3) is 0 Å². The molecule has 6 heteroatoms. The Morgan fingerprint density at radius 1 is 1.11 bits per heavy atom. The average molecular weight is 389 g/mol. The van der Waals surface area contributed by atoms with Gasteiger partial charge in [-0.25, -0.2) is 0 Å². The summed E-state index contributed by atoms with van der Waals surface area (Å²) in [5.74, 6) is 1.40. The molecule has 1 N–H and O–H groups in total. The van der Waals surface area contributed by atoms with Crippen LogP contribution in [0.15, 0.2) is 6.20 Å². The van der Waals surface area contributed by atoms with Crippen LogP contribution in [0, 0.1) is 18.8 Å². The van der Waals surface area contributed by atoms with Crippen molar-refractivity contribution in [2.24, 2.45) is 18.9 Å². The molecule has 2 amide bonds. The van der Waals surface area contributed by atoms with Crippen LogP contribution in [-0.4, -0.2) is 39.6 Å². The van der Waals surface area contributed by atoms with Gasteiger partial charge in [-0.3, -0.25) is 14.3 Å². The fourth-order valence-electron chi connectivity index (χ4n) is 4.84. The second kappa shape index (κ2) is 9.57. The topological polar surface area (TPSA) is 67.2 Å². The molecule has 1 saturated heterocycles. The van der Waals surface area contributed by atoms with Crippen molar-refractivity contribution >= 4 is 11.8 Å². The Morgan fingerprint density at radius 2 is 1.75 bits per heavy atom. The summed E-state index contributed by atoms with van der Waals surface area (Å²) in [6.07, 6.45) is 11.5. The molecule has 1 aromatic heterocycles. The van der Waals surface area contributed by atoms with Crippen molar-refractivity contribution in [1.29, 1.82) is 0 Å². The molecule has 2 aliphatic rings. The maximum absolute atomic E-state index is 12.6. The first-order valence-electron chi connectivity index (χ1n) is 11.0. The third-order valence-corrected chi connectivity index (χ3v) is 6.52. The Bertz CT molecular complexity index is 670. The molecule has 0 unspecified atom stereocenters. The van der Waals surface area contributed by atoms with Crippen LogP contribution in [0.5, 0.6) is 0 Å². The molecule has 1 atom stereocenters. The van der Waals surface area contributed by atoms with E-state index in [1.165, 1.54) is 32.1 Å². The lowest BCUT2D eigenvalue weighted by Gasteiger charge is -2.33. The highest BCUT2D eigenvalue weighted by Gasteiger charge is 2.27. The van der Waals surface area contributed by atoms with Crippen LogP contribution in [0.3, 0.4) is 0 Å². The number of aromatic nitrogens is 2. The minimum absolute atomic E-state index is 0.0293. The number of carbonyl (C=O) groups excluding carboxylic acids is 2. The summed E-state index contributed by atoms with van der Waals surface area (Å²) in [7, 11) is 1.90. The Balaban J connectivity index is 1.39. The molecule has 6 nitrogen and oxygen atoms in total. The second-order valence-electron chi connectivity index (χ2n) is 8.87. The fourth-order valence-corrected chi connectivity index (χ4v) is 4.84. The quantitative estimate of drug-likeness (QED) is 0.811. The first-order chi connectivity index (χ1) is 13.4. The molecule has 1 aliphatic carbocycles. The minimum Gasteiger partial charge on any atom is -0.349 e. The van der Waals surface area contributed by atoms with Crippen LogP contribution >= 0.6 is 0 Å². The molecule has 1 aromatic rings. The van der Waals surface area contributed by atoms with Crippen molar-refractivity contribution in [3.8, 4) is 0 Å². The predicted octanol–water partition coefficient (Wildman–Crippen LogP) is 3.50. The van der Waals surface area contributed by atoms with Gasteiger partial charge in [0.1, 0.15) is 0 Å². The lowest BCUT2D eigenvalue weighted by molar-refractivity contribution is -0.134. The maximum atomic E-state index is 12.6. The van der Waals surface area contributed by atoms with Gasteiger partial charge < -0.3 is 10.2 Å². The monoisotopic (exact) mass is 388 g/mol. The van der Waals surface area contributed by atoms with Crippen LogP contribution in [0.4, 0.5) is 0 Å². The first-order valence-corrected chi connectivity index (χ1v) is 11.0. The summed E-state index contributed by atoms with van der Waals surface area (Å²) in [5, 5.41) is 7.46. The summed E-state index contributed by atoms with van der Waals surface area (Å²) in [6, 6.07) is -0.0293. The van der Waals surface area contributed by atoms with Gasteiger partial charge in [0.2, 0.25) is 11.8 Å². The highest BCUT2D eigenvalue weighted by Crippen LogP contribution is 2.28. The third kappa shape index (κ3) is 5.58. The maximum Gasteiger partial charge on any atom is 0.222 e. The molecule has 0 bridgehead atoms. The predicted molar refractivity (Wildman–Crippen MR) is 110 cm³/mol. The zero-order chi connectivity index (χ0) is 20.1. The molecule has 28 heavy (non-hydrogen) atoms. The van der Waals surface area contributed by atoms with Gasteiger partial charge in [-0.2, -0.15) is 5.10 Å². The largest absolute Gasteiger partial charge is 0.349 e. The minimum atomic E-state index is -0.0293. The second-order valence-corrected chi connectivity index (χ2v) is 8.87. The van der Waals surface area contributed by atoms with E-state index in [-0.39, 0.29) is 11.9 Å². The number of hydrogen-bond donors (Lipinski definition) is 1. The van der Waals surface area contributed by atoms with Crippen molar-refractivity contribution in [2.75, 3.05) is 13.1 Å². The Kier molecular flexibility index (Phi) is 7.13. The number of carbonyl (C=O) groups is 2. The van der Waals surface area contributed by atoms with Gasteiger partial charge in [-0.05, 0) is 51.4 Å². The standard InChI is InChI=1S/C22H36N4O2/c1-16(20-15-25(3)24-17(20)2)23-21(27)13-19-9-11-26(12-10-19)22(28)14-18-7-5-4-6-8-18/h15-16,18-19H,4-14H2,1-3H3,(H,23,27)/t16-/m1/s1. The summed E-state index contributed by atoms with van der Waals surface area (Å²) in [5.41, 5.74) is 2.03. The smallest absolute Gasteiger partial charge is 0.222 e. The molecule has 1 saturated carbocycles. The SMILES string of the molecule is Cc1nn(C)cc1[C@@H](C)NC(=O)CC1CCN(C(=O)CC2CCCCC2)CC1. The van der Waals surface area contributed by atoms with E-state index in [1.54, 1.807) is 4.68 Å². The Hall–Kier alpha value is -1.85. The van der Waals surface area contributed by atoms with E-state index in [0.717, 1.165) is 43.6 Å². The van der Waals surface area contributed by atoms with Crippen molar-refractivity contribution < 1.29 is 9.59 Å². The zero-order valence-corrected chi connectivity index (χ0v) is 17.7. The number of amides is 2. The summed E-state index contributed by atoms with van der Waals surface area (Å²) >= 11 is 0. The van der Waals surface area contributed by atoms with Gasteiger partial charge in [0.25, 0.3) is 0 Å².